The number of aromatic nitrogens is 4. The van der Waals surface area contributed by atoms with Crippen LogP contribution in [0.25, 0.3) is 5.69 Å². The molecule has 0 aliphatic rings. The number of hydrogen-bond donors (Lipinski definition) is 0. The third-order valence-corrected chi connectivity index (χ3v) is 4.84. The fraction of sp³-hybridized carbons (Fsp3) is 0.579. The minimum absolute atomic E-state index is 0.133. The maximum Gasteiger partial charge on any atom is 0.233 e. The number of para-hydroxylation sites is 1. The van der Waals surface area contributed by atoms with Crippen molar-refractivity contribution in [1.29, 1.82) is 0 Å². The molecule has 2 aromatic rings. The lowest BCUT2D eigenvalue weighted by molar-refractivity contribution is -0.129. The third-order valence-electron chi connectivity index (χ3n) is 3.94. The van der Waals surface area contributed by atoms with Crippen molar-refractivity contribution in [2.45, 2.75) is 46.7 Å². The molecule has 0 saturated heterocycles. The summed E-state index contributed by atoms with van der Waals surface area (Å²) in [7, 11) is 0. The van der Waals surface area contributed by atoms with Gasteiger partial charge in [0.15, 0.2) is 0 Å². The molecule has 1 aromatic heterocycles. The summed E-state index contributed by atoms with van der Waals surface area (Å²) in [4.78, 5) is 14.7. The Morgan fingerprint density at radius 1 is 1.12 bits per heavy atom. The first-order valence-electron chi connectivity index (χ1n) is 9.05. The van der Waals surface area contributed by atoms with E-state index < -0.39 is 0 Å². The highest BCUT2D eigenvalue weighted by atomic mass is 32.2. The lowest BCUT2D eigenvalue weighted by Crippen LogP contribution is -2.38. The van der Waals surface area contributed by atoms with Gasteiger partial charge in [-0.1, -0.05) is 57.7 Å². The highest BCUT2D eigenvalue weighted by molar-refractivity contribution is 7.99. The van der Waals surface area contributed by atoms with Gasteiger partial charge in [0, 0.05) is 13.1 Å². The molecule has 0 N–H and O–H groups in total. The van der Waals surface area contributed by atoms with E-state index in [4.69, 9.17) is 0 Å². The second-order valence-electron chi connectivity index (χ2n) is 7.49. The molecule has 1 amide bonds. The summed E-state index contributed by atoms with van der Waals surface area (Å²) < 4.78 is 1.73. The van der Waals surface area contributed by atoms with Crippen LogP contribution in [0.15, 0.2) is 23.4 Å². The molecule has 0 spiro atoms. The number of rotatable bonds is 8. The number of nitrogens with zero attached hydrogens (tertiary/aromatic N) is 5. The molecule has 1 aromatic carbocycles. The van der Waals surface area contributed by atoms with Gasteiger partial charge >= 0.3 is 0 Å². The van der Waals surface area contributed by atoms with Gasteiger partial charge in [0.2, 0.25) is 11.1 Å². The average molecular weight is 376 g/mol. The fourth-order valence-corrected chi connectivity index (χ4v) is 3.71. The van der Waals surface area contributed by atoms with Crippen LogP contribution in [0.4, 0.5) is 0 Å². The van der Waals surface area contributed by atoms with Crippen molar-refractivity contribution in [1.82, 2.24) is 25.1 Å². The molecule has 0 aliphatic heterocycles. The number of benzene rings is 1. The number of thioether (sulfide) groups is 1. The van der Waals surface area contributed by atoms with Gasteiger partial charge in [0.05, 0.1) is 11.4 Å². The van der Waals surface area contributed by atoms with Crippen LogP contribution in [0.2, 0.25) is 0 Å². The predicted molar refractivity (Wildman–Crippen MR) is 106 cm³/mol. The highest BCUT2D eigenvalue weighted by Gasteiger charge is 2.19. The molecule has 0 saturated carbocycles. The first-order chi connectivity index (χ1) is 12.3. The number of carbonyl (C=O) groups excluding carboxylic acids is 1. The van der Waals surface area contributed by atoms with E-state index >= 15 is 0 Å². The summed E-state index contributed by atoms with van der Waals surface area (Å²) in [6.07, 6.45) is 0. The van der Waals surface area contributed by atoms with Crippen molar-refractivity contribution in [3.8, 4) is 5.69 Å². The molecule has 7 heteroatoms. The first kappa shape index (κ1) is 20.4. The second-order valence-corrected chi connectivity index (χ2v) is 8.43. The lowest BCUT2D eigenvalue weighted by atomic mass is 10.1. The van der Waals surface area contributed by atoms with E-state index in [0.717, 1.165) is 29.9 Å². The Kier molecular flexibility index (Phi) is 7.20. The van der Waals surface area contributed by atoms with Crippen molar-refractivity contribution in [3.63, 3.8) is 0 Å². The van der Waals surface area contributed by atoms with Crippen LogP contribution in [0, 0.1) is 25.7 Å². The van der Waals surface area contributed by atoms with Gasteiger partial charge in [-0.05, 0) is 47.2 Å². The van der Waals surface area contributed by atoms with Crippen molar-refractivity contribution in [3.05, 3.63) is 29.3 Å². The third kappa shape index (κ3) is 5.30. The Balaban J connectivity index is 2.13. The largest absolute Gasteiger partial charge is 0.341 e. The molecule has 0 atom stereocenters. The predicted octanol–water partition coefficient (Wildman–Crippen LogP) is 3.51. The van der Waals surface area contributed by atoms with Crippen molar-refractivity contribution >= 4 is 17.7 Å². The number of amides is 1. The maximum absolute atomic E-state index is 12.7. The number of aryl methyl sites for hydroxylation is 2. The molecule has 2 rings (SSSR count). The van der Waals surface area contributed by atoms with Gasteiger partial charge in [-0.15, -0.1) is 5.10 Å². The summed E-state index contributed by atoms with van der Waals surface area (Å²) >= 11 is 1.39. The van der Waals surface area contributed by atoms with Crippen LogP contribution < -0.4 is 0 Å². The molecule has 6 nitrogen and oxygen atoms in total. The van der Waals surface area contributed by atoms with E-state index in [1.807, 2.05) is 36.9 Å². The zero-order chi connectivity index (χ0) is 19.3. The van der Waals surface area contributed by atoms with Gasteiger partial charge in [-0.25, -0.2) is 0 Å². The lowest BCUT2D eigenvalue weighted by Gasteiger charge is -2.26. The van der Waals surface area contributed by atoms with Crippen molar-refractivity contribution in [2.24, 2.45) is 11.8 Å². The Labute approximate surface area is 160 Å². The van der Waals surface area contributed by atoms with Gasteiger partial charge in [-0.3, -0.25) is 4.79 Å². The Morgan fingerprint density at radius 2 is 1.69 bits per heavy atom. The molecular formula is C19H29N5OS. The van der Waals surface area contributed by atoms with Gasteiger partial charge in [-0.2, -0.15) is 4.68 Å². The average Bonchev–Trinajstić information content (AvgIpc) is 2.99. The van der Waals surface area contributed by atoms with E-state index in [1.54, 1.807) is 4.68 Å². The number of hydrogen-bond acceptors (Lipinski definition) is 5. The molecule has 0 aliphatic carbocycles. The van der Waals surface area contributed by atoms with E-state index in [-0.39, 0.29) is 5.91 Å². The monoisotopic (exact) mass is 375 g/mol. The summed E-state index contributed by atoms with van der Waals surface area (Å²) in [5, 5.41) is 12.7. The van der Waals surface area contributed by atoms with Crippen LogP contribution in [-0.2, 0) is 4.79 Å². The normalized spacial score (nSPS) is 11.4. The van der Waals surface area contributed by atoms with E-state index in [9.17, 15) is 4.79 Å². The molecular weight excluding hydrogens is 346 g/mol. The summed E-state index contributed by atoms with van der Waals surface area (Å²) in [6.45, 7) is 14.2. The second kappa shape index (κ2) is 9.16. The fourth-order valence-electron chi connectivity index (χ4n) is 2.93. The molecule has 142 valence electrons. The summed E-state index contributed by atoms with van der Waals surface area (Å²) in [5.74, 6) is 1.36. The van der Waals surface area contributed by atoms with Gasteiger partial charge in [0.1, 0.15) is 0 Å². The molecule has 0 unspecified atom stereocenters. The zero-order valence-electron chi connectivity index (χ0n) is 16.6. The Bertz CT molecular complexity index is 711. The van der Waals surface area contributed by atoms with Crippen LogP contribution >= 0.6 is 11.8 Å². The summed E-state index contributed by atoms with van der Waals surface area (Å²) in [6, 6.07) is 6.10. The van der Waals surface area contributed by atoms with Gasteiger partial charge < -0.3 is 4.90 Å². The van der Waals surface area contributed by atoms with E-state index in [1.165, 1.54) is 11.8 Å². The van der Waals surface area contributed by atoms with E-state index in [0.29, 0.717) is 22.7 Å². The van der Waals surface area contributed by atoms with E-state index in [2.05, 4.69) is 43.2 Å². The quantitative estimate of drug-likeness (QED) is 0.661. The Morgan fingerprint density at radius 3 is 2.23 bits per heavy atom. The van der Waals surface area contributed by atoms with Crippen LogP contribution in [-0.4, -0.2) is 49.9 Å². The number of tetrazole rings is 1. The van der Waals surface area contributed by atoms with Crippen molar-refractivity contribution in [2.75, 3.05) is 18.8 Å². The smallest absolute Gasteiger partial charge is 0.233 e. The van der Waals surface area contributed by atoms with Crippen LogP contribution in [0.1, 0.15) is 38.8 Å². The molecule has 0 radical (unpaired) electrons. The topological polar surface area (TPSA) is 63.9 Å². The SMILES string of the molecule is Cc1cccc(C)c1-n1nnnc1SCC(=O)N(CC(C)C)CC(C)C. The highest BCUT2D eigenvalue weighted by Crippen LogP contribution is 2.23. The van der Waals surface area contributed by atoms with Crippen LogP contribution in [0.3, 0.4) is 0 Å². The molecule has 1 heterocycles. The minimum atomic E-state index is 0.133. The molecule has 0 bridgehead atoms. The maximum atomic E-state index is 12.7. The zero-order valence-corrected chi connectivity index (χ0v) is 17.4. The minimum Gasteiger partial charge on any atom is -0.341 e. The molecule has 26 heavy (non-hydrogen) atoms. The number of carbonyl (C=O) groups is 1. The Hall–Kier alpha value is -1.89. The first-order valence-corrected chi connectivity index (χ1v) is 10.0. The standard InChI is InChI=1S/C19H29N5OS/c1-13(2)10-23(11-14(3)4)17(25)12-26-19-20-21-22-24(19)18-15(5)8-7-9-16(18)6/h7-9,13-14H,10-12H2,1-6H3. The summed E-state index contributed by atoms with van der Waals surface area (Å²) in [5.41, 5.74) is 3.19. The van der Waals surface area contributed by atoms with Gasteiger partial charge in [0.25, 0.3) is 0 Å². The van der Waals surface area contributed by atoms with Crippen molar-refractivity contribution < 1.29 is 4.79 Å². The van der Waals surface area contributed by atoms with Crippen LogP contribution in [0.5, 0.6) is 0 Å². The molecule has 0 fully saturated rings.